The Labute approximate surface area is 78.8 Å². The molecule has 0 fully saturated rings. The number of halogens is 1. The molecule has 3 N–H and O–H groups in total. The van der Waals surface area contributed by atoms with E-state index in [4.69, 9.17) is 10.2 Å². The third-order valence-electron chi connectivity index (χ3n) is 1.78. The lowest BCUT2D eigenvalue weighted by Crippen LogP contribution is -1.81. The lowest BCUT2D eigenvalue weighted by Gasteiger charge is -2.00. The number of hydrogen-bond acceptors (Lipinski definition) is 4. The van der Waals surface area contributed by atoms with Crippen LogP contribution in [0.25, 0.3) is 11.3 Å². The summed E-state index contributed by atoms with van der Waals surface area (Å²) in [6.07, 6.45) is 1.32. The Hall–Kier alpha value is -2.04. The van der Waals surface area contributed by atoms with Gasteiger partial charge in [0.2, 0.25) is 0 Å². The lowest BCUT2D eigenvalue weighted by atomic mass is 10.1. The molecule has 0 spiro atoms. The smallest absolute Gasteiger partial charge is 0.292 e. The highest BCUT2D eigenvalue weighted by atomic mass is 19.1. The molecular weight excluding hydrogens is 187 g/mol. The summed E-state index contributed by atoms with van der Waals surface area (Å²) in [6, 6.07) is 4.10. The fraction of sp³-hybridized carbons (Fsp3) is 0. The predicted molar refractivity (Wildman–Crippen MR) is 48.0 cm³/mol. The molecule has 2 rings (SSSR count). The SMILES string of the molecule is Nc1ncc(-c2cccc(F)c2O)o1. The van der Waals surface area contributed by atoms with E-state index in [0.717, 1.165) is 6.07 Å². The molecule has 2 aromatic rings. The second kappa shape index (κ2) is 3.02. The number of aromatic hydroxyl groups is 1. The lowest BCUT2D eigenvalue weighted by molar-refractivity contribution is 0.432. The van der Waals surface area contributed by atoms with Crippen LogP contribution in [0.15, 0.2) is 28.8 Å². The Balaban J connectivity index is 2.57. The van der Waals surface area contributed by atoms with Crippen molar-refractivity contribution in [3.63, 3.8) is 0 Å². The van der Waals surface area contributed by atoms with Gasteiger partial charge in [0.1, 0.15) is 0 Å². The standard InChI is InChI=1S/C9H7FN2O2/c10-6-3-1-2-5(8(6)13)7-4-12-9(11)14-7/h1-4,13H,(H2,11,12). The van der Waals surface area contributed by atoms with Crippen molar-refractivity contribution in [3.8, 4) is 17.1 Å². The summed E-state index contributed by atoms with van der Waals surface area (Å²) in [5.74, 6) is -0.944. The van der Waals surface area contributed by atoms with Crippen LogP contribution in [-0.4, -0.2) is 10.1 Å². The van der Waals surface area contributed by atoms with E-state index in [2.05, 4.69) is 4.98 Å². The summed E-state index contributed by atoms with van der Waals surface area (Å²) >= 11 is 0. The van der Waals surface area contributed by atoms with Gasteiger partial charge in [-0.05, 0) is 12.1 Å². The maximum Gasteiger partial charge on any atom is 0.292 e. The number of phenols is 1. The molecular formula is C9H7FN2O2. The van der Waals surface area contributed by atoms with Gasteiger partial charge in [-0.25, -0.2) is 9.37 Å². The number of anilines is 1. The Kier molecular flexibility index (Phi) is 1.85. The number of nitrogens with zero attached hydrogens (tertiary/aromatic N) is 1. The van der Waals surface area contributed by atoms with Crippen molar-refractivity contribution in [1.29, 1.82) is 0 Å². The minimum Gasteiger partial charge on any atom is -0.504 e. The number of oxazole rings is 1. The van der Waals surface area contributed by atoms with Crippen LogP contribution in [0.5, 0.6) is 5.75 Å². The Morgan fingerprint density at radius 1 is 1.43 bits per heavy atom. The molecule has 14 heavy (non-hydrogen) atoms. The molecule has 4 nitrogen and oxygen atoms in total. The van der Waals surface area contributed by atoms with Gasteiger partial charge in [-0.3, -0.25) is 0 Å². The monoisotopic (exact) mass is 194 g/mol. The zero-order valence-corrected chi connectivity index (χ0v) is 7.07. The number of nitrogens with two attached hydrogens (primary N) is 1. The van der Waals surface area contributed by atoms with Crippen LogP contribution in [0, 0.1) is 5.82 Å². The van der Waals surface area contributed by atoms with E-state index >= 15 is 0 Å². The van der Waals surface area contributed by atoms with Gasteiger partial charge >= 0.3 is 0 Å². The van der Waals surface area contributed by atoms with E-state index in [-0.39, 0.29) is 17.3 Å². The van der Waals surface area contributed by atoms with Gasteiger partial charge in [0.05, 0.1) is 11.8 Å². The summed E-state index contributed by atoms with van der Waals surface area (Å²) in [5.41, 5.74) is 5.48. The van der Waals surface area contributed by atoms with Crippen molar-refractivity contribution >= 4 is 6.01 Å². The van der Waals surface area contributed by atoms with Crippen molar-refractivity contribution in [3.05, 3.63) is 30.2 Å². The van der Waals surface area contributed by atoms with E-state index in [0.29, 0.717) is 0 Å². The number of para-hydroxylation sites is 1. The average molecular weight is 194 g/mol. The van der Waals surface area contributed by atoms with E-state index < -0.39 is 11.6 Å². The number of phenolic OH excluding ortho intramolecular Hbond substituents is 1. The van der Waals surface area contributed by atoms with E-state index in [1.807, 2.05) is 0 Å². The van der Waals surface area contributed by atoms with Gasteiger partial charge in [-0.1, -0.05) is 6.07 Å². The minimum atomic E-state index is -0.711. The highest BCUT2D eigenvalue weighted by Gasteiger charge is 2.12. The van der Waals surface area contributed by atoms with E-state index in [1.165, 1.54) is 18.3 Å². The summed E-state index contributed by atoms with van der Waals surface area (Å²) in [6.45, 7) is 0. The Morgan fingerprint density at radius 2 is 2.21 bits per heavy atom. The molecule has 0 saturated heterocycles. The van der Waals surface area contributed by atoms with Crippen molar-refractivity contribution < 1.29 is 13.9 Å². The van der Waals surface area contributed by atoms with Gasteiger partial charge in [0.25, 0.3) is 6.01 Å². The van der Waals surface area contributed by atoms with Crippen LogP contribution < -0.4 is 5.73 Å². The molecule has 0 radical (unpaired) electrons. The van der Waals surface area contributed by atoms with Gasteiger partial charge in [0.15, 0.2) is 17.3 Å². The highest BCUT2D eigenvalue weighted by molar-refractivity contribution is 5.65. The van der Waals surface area contributed by atoms with Crippen molar-refractivity contribution in [1.82, 2.24) is 4.98 Å². The maximum absolute atomic E-state index is 12.9. The van der Waals surface area contributed by atoms with Crippen molar-refractivity contribution in [2.45, 2.75) is 0 Å². The average Bonchev–Trinajstić information content (AvgIpc) is 2.57. The summed E-state index contributed by atoms with van der Waals surface area (Å²) < 4.78 is 17.9. The van der Waals surface area contributed by atoms with Crippen LogP contribution in [0.1, 0.15) is 0 Å². The molecule has 0 saturated carbocycles. The molecule has 0 aliphatic carbocycles. The first-order chi connectivity index (χ1) is 6.68. The molecule has 0 bridgehead atoms. The van der Waals surface area contributed by atoms with Crippen LogP contribution in [0.2, 0.25) is 0 Å². The van der Waals surface area contributed by atoms with Crippen LogP contribution in [-0.2, 0) is 0 Å². The van der Waals surface area contributed by atoms with Gasteiger partial charge in [-0.15, -0.1) is 0 Å². The molecule has 0 unspecified atom stereocenters. The largest absolute Gasteiger partial charge is 0.504 e. The number of hydrogen-bond donors (Lipinski definition) is 2. The van der Waals surface area contributed by atoms with Crippen LogP contribution in [0.3, 0.4) is 0 Å². The third-order valence-corrected chi connectivity index (χ3v) is 1.78. The molecule has 1 aromatic heterocycles. The molecule has 0 aliphatic rings. The van der Waals surface area contributed by atoms with Crippen LogP contribution in [0.4, 0.5) is 10.4 Å². The molecule has 0 aliphatic heterocycles. The normalized spacial score (nSPS) is 10.4. The van der Waals surface area contributed by atoms with Gasteiger partial charge in [0, 0.05) is 0 Å². The third kappa shape index (κ3) is 1.28. The fourth-order valence-electron chi connectivity index (χ4n) is 1.13. The van der Waals surface area contributed by atoms with Crippen LogP contribution >= 0.6 is 0 Å². The zero-order valence-electron chi connectivity index (χ0n) is 7.07. The molecule has 5 heteroatoms. The summed E-state index contributed by atoms with van der Waals surface area (Å²) in [5, 5.41) is 9.36. The highest BCUT2D eigenvalue weighted by Crippen LogP contribution is 2.31. The Morgan fingerprint density at radius 3 is 2.86 bits per heavy atom. The first kappa shape index (κ1) is 8.55. The number of nitrogen functional groups attached to an aromatic ring is 1. The maximum atomic E-state index is 12.9. The predicted octanol–water partition coefficient (Wildman–Crippen LogP) is 1.77. The number of rotatable bonds is 1. The fourth-order valence-corrected chi connectivity index (χ4v) is 1.13. The molecule has 0 amide bonds. The molecule has 1 aromatic carbocycles. The second-order valence-electron chi connectivity index (χ2n) is 2.70. The van der Waals surface area contributed by atoms with Crippen molar-refractivity contribution in [2.24, 2.45) is 0 Å². The van der Waals surface area contributed by atoms with Gasteiger partial charge in [-0.2, -0.15) is 0 Å². The Bertz CT molecular complexity index is 468. The van der Waals surface area contributed by atoms with Gasteiger partial charge < -0.3 is 15.3 Å². The number of aromatic nitrogens is 1. The number of benzene rings is 1. The summed E-state index contributed by atoms with van der Waals surface area (Å²) in [7, 11) is 0. The molecule has 72 valence electrons. The topological polar surface area (TPSA) is 72.3 Å². The second-order valence-corrected chi connectivity index (χ2v) is 2.70. The minimum absolute atomic E-state index is 0.0244. The zero-order chi connectivity index (χ0) is 10.1. The molecule has 0 atom stereocenters. The quantitative estimate of drug-likeness (QED) is 0.725. The van der Waals surface area contributed by atoms with E-state index in [9.17, 15) is 9.50 Å². The van der Waals surface area contributed by atoms with Crippen molar-refractivity contribution in [2.75, 3.05) is 5.73 Å². The first-order valence-electron chi connectivity index (χ1n) is 3.87. The summed E-state index contributed by atoms with van der Waals surface area (Å²) in [4.78, 5) is 3.64. The van der Waals surface area contributed by atoms with E-state index in [1.54, 1.807) is 0 Å². The first-order valence-corrected chi connectivity index (χ1v) is 3.87. The molecule has 1 heterocycles.